The zero-order valence-electron chi connectivity index (χ0n) is 13.8. The van der Waals surface area contributed by atoms with Gasteiger partial charge in [-0.05, 0) is 42.8 Å². The molecule has 0 spiro atoms. The summed E-state index contributed by atoms with van der Waals surface area (Å²) in [6.07, 6.45) is 4.79. The zero-order chi connectivity index (χ0) is 18.1. The average molecular weight is 350 g/mol. The van der Waals surface area contributed by atoms with Crippen LogP contribution in [0.1, 0.15) is 18.5 Å². The van der Waals surface area contributed by atoms with Crippen molar-refractivity contribution < 1.29 is 9.18 Å². The van der Waals surface area contributed by atoms with Crippen molar-refractivity contribution >= 4 is 17.5 Å². The van der Waals surface area contributed by atoms with E-state index in [0.29, 0.717) is 22.9 Å². The number of carbonyl (C=O) groups excluding carboxylic acids is 1. The van der Waals surface area contributed by atoms with E-state index in [4.69, 9.17) is 0 Å². The van der Waals surface area contributed by atoms with Gasteiger partial charge < -0.3 is 10.6 Å². The lowest BCUT2D eigenvalue weighted by Gasteiger charge is -2.28. The first-order valence-electron chi connectivity index (χ1n) is 7.97. The van der Waals surface area contributed by atoms with Gasteiger partial charge in [-0.3, -0.25) is 9.78 Å². The van der Waals surface area contributed by atoms with E-state index in [0.717, 1.165) is 5.56 Å². The molecular weight excluding hydrogens is 335 g/mol. The third-order valence-electron chi connectivity index (χ3n) is 4.14. The van der Waals surface area contributed by atoms with Crippen molar-refractivity contribution in [2.24, 2.45) is 0 Å². The highest BCUT2D eigenvalue weighted by Gasteiger charge is 2.33. The number of pyridine rings is 1. The van der Waals surface area contributed by atoms with Gasteiger partial charge in [-0.15, -0.1) is 0 Å². The van der Waals surface area contributed by atoms with E-state index in [-0.39, 0.29) is 11.7 Å². The smallest absolute Gasteiger partial charge is 0.255 e. The van der Waals surface area contributed by atoms with E-state index in [9.17, 15) is 9.18 Å². The van der Waals surface area contributed by atoms with E-state index < -0.39 is 6.04 Å². The molecule has 1 aromatic carbocycles. The average Bonchev–Trinajstić information content (AvgIpc) is 3.11. The number of halogens is 1. The van der Waals surface area contributed by atoms with E-state index in [2.05, 4.69) is 25.7 Å². The zero-order valence-corrected chi connectivity index (χ0v) is 13.8. The maximum absolute atomic E-state index is 13.1. The molecule has 0 unspecified atom stereocenters. The van der Waals surface area contributed by atoms with Gasteiger partial charge in [-0.25, -0.2) is 9.07 Å². The molecule has 2 aromatic heterocycles. The van der Waals surface area contributed by atoms with Crippen LogP contribution in [0, 0.1) is 5.82 Å². The molecule has 1 aliphatic rings. The Balaban J connectivity index is 1.74. The molecule has 0 saturated carbocycles. The number of hydrogen-bond donors (Lipinski definition) is 2. The molecule has 3 heterocycles. The molecule has 0 bridgehead atoms. The Morgan fingerprint density at radius 1 is 1.27 bits per heavy atom. The fraction of sp³-hybridized carbons (Fsp3) is 0.111. The highest BCUT2D eigenvalue weighted by molar-refractivity contribution is 6.05. The summed E-state index contributed by atoms with van der Waals surface area (Å²) in [5.74, 6) is -0.121. The summed E-state index contributed by atoms with van der Waals surface area (Å²) in [6.45, 7) is 1.81. The van der Waals surface area contributed by atoms with E-state index >= 15 is 0 Å². The van der Waals surface area contributed by atoms with Crippen LogP contribution in [0.15, 0.2) is 66.4 Å². The fourth-order valence-corrected chi connectivity index (χ4v) is 2.96. The van der Waals surface area contributed by atoms with Gasteiger partial charge in [0.25, 0.3) is 5.91 Å². The summed E-state index contributed by atoms with van der Waals surface area (Å²) in [6, 6.07) is 8.83. The standard InChI is InChI=1S/C18H15FN6O/c1-11-15(17(26)24-14-6-4-13(19)5-7-14)16(12-3-2-8-20-9-12)25-18(23-11)21-10-22-25/h2-10,16H,1H3,(H,24,26)(H,21,22,23)/t16-/m0/s1. The first-order chi connectivity index (χ1) is 12.6. The van der Waals surface area contributed by atoms with Crippen molar-refractivity contribution in [3.8, 4) is 0 Å². The van der Waals surface area contributed by atoms with Crippen molar-refractivity contribution in [3.63, 3.8) is 0 Å². The fourth-order valence-electron chi connectivity index (χ4n) is 2.96. The van der Waals surface area contributed by atoms with Crippen molar-refractivity contribution in [1.29, 1.82) is 0 Å². The van der Waals surface area contributed by atoms with Gasteiger partial charge in [-0.1, -0.05) is 6.07 Å². The summed E-state index contributed by atoms with van der Waals surface area (Å²) in [7, 11) is 0. The number of hydrogen-bond acceptors (Lipinski definition) is 5. The van der Waals surface area contributed by atoms with E-state index in [1.165, 1.54) is 30.6 Å². The first kappa shape index (κ1) is 15.9. The summed E-state index contributed by atoms with van der Waals surface area (Å²) in [4.78, 5) is 21.3. The number of benzene rings is 1. The highest BCUT2D eigenvalue weighted by Crippen LogP contribution is 2.34. The lowest BCUT2D eigenvalue weighted by Crippen LogP contribution is -2.31. The Hall–Kier alpha value is -3.55. The summed E-state index contributed by atoms with van der Waals surface area (Å²) >= 11 is 0. The van der Waals surface area contributed by atoms with Gasteiger partial charge in [-0.2, -0.15) is 10.1 Å². The number of nitrogens with one attached hydrogen (secondary N) is 2. The van der Waals surface area contributed by atoms with Gasteiger partial charge in [0.1, 0.15) is 18.2 Å². The van der Waals surface area contributed by atoms with Crippen molar-refractivity contribution in [2.75, 3.05) is 10.6 Å². The number of anilines is 2. The predicted molar refractivity (Wildman–Crippen MR) is 93.8 cm³/mol. The van der Waals surface area contributed by atoms with Crippen LogP contribution >= 0.6 is 0 Å². The minimum Gasteiger partial charge on any atom is -0.328 e. The lowest BCUT2D eigenvalue weighted by molar-refractivity contribution is -0.113. The largest absolute Gasteiger partial charge is 0.328 e. The van der Waals surface area contributed by atoms with Gasteiger partial charge in [0.05, 0.1) is 5.57 Å². The predicted octanol–water partition coefficient (Wildman–Crippen LogP) is 2.74. The molecule has 4 rings (SSSR count). The monoisotopic (exact) mass is 350 g/mol. The quantitative estimate of drug-likeness (QED) is 0.759. The Bertz CT molecular complexity index is 980. The third kappa shape index (κ3) is 2.81. The number of fused-ring (bicyclic) bond motifs is 1. The number of aromatic nitrogens is 4. The molecule has 0 saturated heterocycles. The Morgan fingerprint density at radius 3 is 2.81 bits per heavy atom. The molecule has 8 heteroatoms. The molecule has 1 amide bonds. The van der Waals surface area contributed by atoms with Crippen LogP contribution in [-0.4, -0.2) is 25.7 Å². The second-order valence-corrected chi connectivity index (χ2v) is 5.84. The topological polar surface area (TPSA) is 84.7 Å². The molecule has 130 valence electrons. The summed E-state index contributed by atoms with van der Waals surface area (Å²) in [5.41, 5.74) is 2.47. The minimum absolute atomic E-state index is 0.309. The number of amides is 1. The Kier molecular flexibility index (Phi) is 3.92. The molecule has 0 radical (unpaired) electrons. The van der Waals surface area contributed by atoms with Crippen LogP contribution in [0.4, 0.5) is 16.0 Å². The Morgan fingerprint density at radius 2 is 2.08 bits per heavy atom. The van der Waals surface area contributed by atoms with Crippen molar-refractivity contribution in [3.05, 3.63) is 77.8 Å². The number of allylic oxidation sites excluding steroid dienone is 1. The van der Waals surface area contributed by atoms with Gasteiger partial charge >= 0.3 is 0 Å². The van der Waals surface area contributed by atoms with Gasteiger partial charge in [0.2, 0.25) is 5.95 Å². The van der Waals surface area contributed by atoms with Crippen LogP contribution in [-0.2, 0) is 4.79 Å². The van der Waals surface area contributed by atoms with Crippen LogP contribution in [0.2, 0.25) is 0 Å². The van der Waals surface area contributed by atoms with Crippen LogP contribution < -0.4 is 10.6 Å². The molecule has 7 nitrogen and oxygen atoms in total. The molecule has 0 fully saturated rings. The maximum atomic E-state index is 13.1. The third-order valence-corrected chi connectivity index (χ3v) is 4.14. The molecule has 1 atom stereocenters. The molecule has 3 aromatic rings. The lowest BCUT2D eigenvalue weighted by atomic mass is 9.96. The van der Waals surface area contributed by atoms with Crippen LogP contribution in [0.5, 0.6) is 0 Å². The van der Waals surface area contributed by atoms with Gasteiger partial charge in [0.15, 0.2) is 0 Å². The number of carbonyl (C=O) groups is 1. The van der Waals surface area contributed by atoms with Crippen LogP contribution in [0.3, 0.4) is 0 Å². The second-order valence-electron chi connectivity index (χ2n) is 5.84. The van der Waals surface area contributed by atoms with Crippen LogP contribution in [0.25, 0.3) is 0 Å². The first-order valence-corrected chi connectivity index (χ1v) is 7.97. The van der Waals surface area contributed by atoms with Crippen molar-refractivity contribution in [2.45, 2.75) is 13.0 Å². The second kappa shape index (κ2) is 6.40. The number of rotatable bonds is 3. The van der Waals surface area contributed by atoms with Crippen molar-refractivity contribution in [1.82, 2.24) is 19.7 Å². The molecule has 1 aliphatic heterocycles. The highest BCUT2D eigenvalue weighted by atomic mass is 19.1. The SMILES string of the molecule is CC1=C(C(=O)Nc2ccc(F)cc2)[C@H](c2cccnc2)n2ncnc2N1. The maximum Gasteiger partial charge on any atom is 0.255 e. The summed E-state index contributed by atoms with van der Waals surface area (Å²) in [5, 5.41) is 10.2. The molecule has 26 heavy (non-hydrogen) atoms. The van der Waals surface area contributed by atoms with E-state index in [1.807, 2.05) is 6.07 Å². The van der Waals surface area contributed by atoms with E-state index in [1.54, 1.807) is 30.1 Å². The number of nitrogens with zero attached hydrogens (tertiary/aromatic N) is 4. The normalized spacial score (nSPS) is 16.0. The Labute approximate surface area is 148 Å². The molecular formula is C18H15FN6O. The molecule has 2 N–H and O–H groups in total. The summed E-state index contributed by atoms with van der Waals surface area (Å²) < 4.78 is 14.7. The minimum atomic E-state index is -0.470. The molecule has 0 aliphatic carbocycles. The van der Waals surface area contributed by atoms with Gasteiger partial charge in [0, 0.05) is 23.8 Å².